The van der Waals surface area contributed by atoms with Crippen molar-refractivity contribution in [2.75, 3.05) is 19.8 Å². The highest BCUT2D eigenvalue weighted by Crippen LogP contribution is 2.30. The number of nitrogens with two attached hydrogens (primary N) is 1. The van der Waals surface area contributed by atoms with Gasteiger partial charge >= 0.3 is 0 Å². The predicted octanol–water partition coefficient (Wildman–Crippen LogP) is 2.41. The molecular weight excluding hydrogens is 256 g/mol. The van der Waals surface area contributed by atoms with E-state index in [4.69, 9.17) is 20.1 Å². The summed E-state index contributed by atoms with van der Waals surface area (Å²) in [6.45, 7) is 9.59. The van der Waals surface area contributed by atoms with E-state index in [1.165, 1.54) is 0 Å². The van der Waals surface area contributed by atoms with Gasteiger partial charge in [-0.25, -0.2) is 0 Å². The Balaban J connectivity index is 2.89. The number of ether oxygens (including phenoxy) is 3. The molecule has 0 fully saturated rings. The maximum Gasteiger partial charge on any atom is 0.161 e. The van der Waals surface area contributed by atoms with Gasteiger partial charge in [-0.2, -0.15) is 0 Å². The van der Waals surface area contributed by atoms with E-state index in [0.717, 1.165) is 17.1 Å². The molecule has 0 aliphatic heterocycles. The number of nitrogens with one attached hydrogen (secondary N) is 1. The third-order valence-corrected chi connectivity index (χ3v) is 2.77. The van der Waals surface area contributed by atoms with E-state index in [-0.39, 0.29) is 12.1 Å². The SMILES string of the molecule is CCOc1ccc(C(COC(C)C)NN)cc1OCC. The minimum atomic E-state index is -0.0766. The lowest BCUT2D eigenvalue weighted by molar-refractivity contribution is 0.0611. The first-order valence-electron chi connectivity index (χ1n) is 7.09. The Bertz CT molecular complexity index is 397. The minimum Gasteiger partial charge on any atom is -0.490 e. The van der Waals surface area contributed by atoms with Gasteiger partial charge in [0.1, 0.15) is 0 Å². The number of hydrogen-bond acceptors (Lipinski definition) is 5. The molecule has 0 amide bonds. The van der Waals surface area contributed by atoms with Gasteiger partial charge in [-0.15, -0.1) is 0 Å². The summed E-state index contributed by atoms with van der Waals surface area (Å²) in [6, 6.07) is 5.75. The summed E-state index contributed by atoms with van der Waals surface area (Å²) in [7, 11) is 0. The van der Waals surface area contributed by atoms with Crippen molar-refractivity contribution in [1.29, 1.82) is 0 Å². The molecule has 1 aromatic rings. The lowest BCUT2D eigenvalue weighted by Crippen LogP contribution is -2.32. The number of benzene rings is 1. The second-order valence-corrected chi connectivity index (χ2v) is 4.67. The van der Waals surface area contributed by atoms with E-state index >= 15 is 0 Å². The maximum absolute atomic E-state index is 5.62. The number of rotatable bonds is 9. The average molecular weight is 282 g/mol. The third-order valence-electron chi connectivity index (χ3n) is 2.77. The molecule has 0 radical (unpaired) electrons. The molecule has 3 N–H and O–H groups in total. The van der Waals surface area contributed by atoms with Crippen LogP contribution in [0.25, 0.3) is 0 Å². The van der Waals surface area contributed by atoms with Crippen LogP contribution in [0.3, 0.4) is 0 Å². The van der Waals surface area contributed by atoms with Gasteiger partial charge in [-0.3, -0.25) is 11.3 Å². The fraction of sp³-hybridized carbons (Fsp3) is 0.600. The normalized spacial score (nSPS) is 12.5. The molecule has 1 rings (SSSR count). The van der Waals surface area contributed by atoms with Gasteiger partial charge in [0, 0.05) is 0 Å². The Labute approximate surface area is 121 Å². The van der Waals surface area contributed by atoms with Crippen molar-refractivity contribution >= 4 is 0 Å². The first-order chi connectivity index (χ1) is 9.62. The van der Waals surface area contributed by atoms with Crippen molar-refractivity contribution in [3.8, 4) is 11.5 Å². The molecule has 0 aliphatic carbocycles. The molecule has 0 saturated heterocycles. The van der Waals surface area contributed by atoms with E-state index in [2.05, 4.69) is 5.43 Å². The molecule has 1 unspecified atom stereocenters. The molecular formula is C15H26N2O3. The van der Waals surface area contributed by atoms with Gasteiger partial charge in [0.25, 0.3) is 0 Å². The Morgan fingerprint density at radius 3 is 2.30 bits per heavy atom. The zero-order valence-electron chi connectivity index (χ0n) is 12.8. The Morgan fingerprint density at radius 1 is 1.10 bits per heavy atom. The minimum absolute atomic E-state index is 0.0766. The smallest absolute Gasteiger partial charge is 0.161 e. The molecule has 0 aliphatic rings. The fourth-order valence-electron chi connectivity index (χ4n) is 1.81. The van der Waals surface area contributed by atoms with Crippen LogP contribution in [0.1, 0.15) is 39.3 Å². The molecule has 5 heteroatoms. The molecule has 0 bridgehead atoms. The molecule has 0 heterocycles. The maximum atomic E-state index is 5.62. The van der Waals surface area contributed by atoms with E-state index in [1.807, 2.05) is 45.9 Å². The lowest BCUT2D eigenvalue weighted by atomic mass is 10.1. The van der Waals surface area contributed by atoms with Crippen molar-refractivity contribution in [1.82, 2.24) is 5.43 Å². The summed E-state index contributed by atoms with van der Waals surface area (Å²) in [4.78, 5) is 0. The Kier molecular flexibility index (Phi) is 7.36. The van der Waals surface area contributed by atoms with Gasteiger partial charge in [0.2, 0.25) is 0 Å². The summed E-state index contributed by atoms with van der Waals surface area (Å²) in [5.41, 5.74) is 3.79. The lowest BCUT2D eigenvalue weighted by Gasteiger charge is -2.20. The molecule has 1 aromatic carbocycles. The van der Waals surface area contributed by atoms with Gasteiger partial charge in [0.15, 0.2) is 11.5 Å². The van der Waals surface area contributed by atoms with E-state index in [1.54, 1.807) is 0 Å². The first kappa shape index (κ1) is 16.8. The quantitative estimate of drug-likeness (QED) is 0.538. The van der Waals surface area contributed by atoms with Crippen molar-refractivity contribution in [2.45, 2.75) is 39.8 Å². The predicted molar refractivity (Wildman–Crippen MR) is 79.9 cm³/mol. The highest BCUT2D eigenvalue weighted by atomic mass is 16.5. The van der Waals surface area contributed by atoms with Crippen molar-refractivity contribution in [3.63, 3.8) is 0 Å². The van der Waals surface area contributed by atoms with E-state index < -0.39 is 0 Å². The molecule has 114 valence electrons. The summed E-state index contributed by atoms with van der Waals surface area (Å²) in [5, 5.41) is 0. The van der Waals surface area contributed by atoms with Gasteiger partial charge in [-0.05, 0) is 45.4 Å². The van der Waals surface area contributed by atoms with Crippen LogP contribution in [0.4, 0.5) is 0 Å². The van der Waals surface area contributed by atoms with Crippen LogP contribution >= 0.6 is 0 Å². The molecule has 1 atom stereocenters. The van der Waals surface area contributed by atoms with Crippen LogP contribution in [-0.4, -0.2) is 25.9 Å². The van der Waals surface area contributed by atoms with Crippen LogP contribution in [-0.2, 0) is 4.74 Å². The van der Waals surface area contributed by atoms with E-state index in [9.17, 15) is 0 Å². The summed E-state index contributed by atoms with van der Waals surface area (Å²) < 4.78 is 16.8. The van der Waals surface area contributed by atoms with Gasteiger partial charge < -0.3 is 14.2 Å². The molecule has 0 aromatic heterocycles. The summed E-state index contributed by atoms with van der Waals surface area (Å²) in [5.74, 6) is 7.09. The van der Waals surface area contributed by atoms with Crippen LogP contribution < -0.4 is 20.7 Å². The highest BCUT2D eigenvalue weighted by molar-refractivity contribution is 5.44. The monoisotopic (exact) mass is 282 g/mol. The molecule has 0 spiro atoms. The molecule has 0 saturated carbocycles. The second-order valence-electron chi connectivity index (χ2n) is 4.67. The summed E-state index contributed by atoms with van der Waals surface area (Å²) in [6.07, 6.45) is 0.167. The van der Waals surface area contributed by atoms with Crippen LogP contribution in [0, 0.1) is 0 Å². The van der Waals surface area contributed by atoms with Crippen LogP contribution in [0.15, 0.2) is 18.2 Å². The summed E-state index contributed by atoms with van der Waals surface area (Å²) >= 11 is 0. The van der Waals surface area contributed by atoms with Crippen molar-refractivity contribution in [3.05, 3.63) is 23.8 Å². The second kappa shape index (κ2) is 8.79. The van der Waals surface area contributed by atoms with Gasteiger partial charge in [0.05, 0.1) is 32.0 Å². The zero-order valence-corrected chi connectivity index (χ0v) is 12.8. The Morgan fingerprint density at radius 2 is 1.75 bits per heavy atom. The molecule has 20 heavy (non-hydrogen) atoms. The van der Waals surface area contributed by atoms with E-state index in [0.29, 0.717) is 19.8 Å². The largest absolute Gasteiger partial charge is 0.490 e. The average Bonchev–Trinajstić information content (AvgIpc) is 2.42. The molecule has 5 nitrogen and oxygen atoms in total. The topological polar surface area (TPSA) is 65.7 Å². The van der Waals surface area contributed by atoms with Crippen LogP contribution in [0.2, 0.25) is 0 Å². The highest BCUT2D eigenvalue weighted by Gasteiger charge is 2.14. The number of hydrazine groups is 1. The zero-order chi connectivity index (χ0) is 15.0. The third kappa shape index (κ3) is 5.00. The van der Waals surface area contributed by atoms with Crippen molar-refractivity contribution < 1.29 is 14.2 Å². The Hall–Kier alpha value is -1.30. The van der Waals surface area contributed by atoms with Gasteiger partial charge in [-0.1, -0.05) is 6.07 Å². The van der Waals surface area contributed by atoms with Crippen molar-refractivity contribution in [2.24, 2.45) is 5.84 Å². The fourth-order valence-corrected chi connectivity index (χ4v) is 1.81. The van der Waals surface area contributed by atoms with Crippen LogP contribution in [0.5, 0.6) is 11.5 Å². The standard InChI is InChI=1S/C15H26N2O3/c1-5-18-14-8-7-12(9-15(14)19-6-2)13(17-16)10-20-11(3)4/h7-9,11,13,17H,5-6,10,16H2,1-4H3. The first-order valence-corrected chi connectivity index (χ1v) is 7.09. The number of hydrogen-bond donors (Lipinski definition) is 2.